The SMILES string of the molecule is F.[Li+].[Li+].[Li+].[O-]B([O-])[O-]. The normalized spacial score (nSPS) is 3.38. The average molecular weight is 99.6 g/mol. The van der Waals surface area contributed by atoms with Crippen LogP contribution >= 0.6 is 0 Å². The first-order chi connectivity index (χ1) is 1.73. The molecule has 0 unspecified atom stereocenters. The van der Waals surface area contributed by atoms with Crippen LogP contribution in [0, 0.1) is 0 Å². The van der Waals surface area contributed by atoms with Crippen LogP contribution in [0.2, 0.25) is 0 Å². The molecule has 0 aromatic heterocycles. The van der Waals surface area contributed by atoms with Gasteiger partial charge in [-0.1, -0.05) is 0 Å². The van der Waals surface area contributed by atoms with Crippen LogP contribution in [0.3, 0.4) is 0 Å². The Balaban J connectivity index is -0.00000000750. The minimum atomic E-state index is -2.92. The number of rotatable bonds is 0. The molecule has 8 heavy (non-hydrogen) atoms. The van der Waals surface area contributed by atoms with E-state index in [1.54, 1.807) is 0 Å². The number of halogens is 1. The molecule has 0 radical (unpaired) electrons. The van der Waals surface area contributed by atoms with E-state index in [4.69, 9.17) is 15.1 Å². The van der Waals surface area contributed by atoms with Crippen molar-refractivity contribution in [3.63, 3.8) is 0 Å². The number of hydrogen-bond donors (Lipinski definition) is 0. The van der Waals surface area contributed by atoms with Gasteiger partial charge < -0.3 is 15.1 Å². The molecule has 0 fully saturated rings. The van der Waals surface area contributed by atoms with Gasteiger partial charge in [0.05, 0.1) is 0 Å². The summed E-state index contributed by atoms with van der Waals surface area (Å²) in [4.78, 5) is 0. The minimum Gasteiger partial charge on any atom is -0.907 e. The van der Waals surface area contributed by atoms with Gasteiger partial charge in [0.1, 0.15) is 0 Å². The Morgan fingerprint density at radius 3 is 0.750 bits per heavy atom. The predicted octanol–water partition coefficient (Wildman–Crippen LogP) is -12.8. The summed E-state index contributed by atoms with van der Waals surface area (Å²) in [6.07, 6.45) is 0. The number of hydrogen-bond acceptors (Lipinski definition) is 3. The first-order valence-electron chi connectivity index (χ1n) is 0.707. The van der Waals surface area contributed by atoms with Crippen molar-refractivity contribution < 1.29 is 76.4 Å². The monoisotopic (exact) mass is 100 g/mol. The van der Waals surface area contributed by atoms with Crippen LogP contribution in [-0.4, -0.2) is 7.32 Å². The van der Waals surface area contributed by atoms with Gasteiger partial charge in [-0.3, -0.25) is 12.0 Å². The summed E-state index contributed by atoms with van der Waals surface area (Å²) in [6.45, 7) is 0. The molecule has 0 aromatic rings. The smallest absolute Gasteiger partial charge is 0.907 e. The Morgan fingerprint density at radius 2 is 0.750 bits per heavy atom. The molecule has 0 spiro atoms. The molecule has 8 heteroatoms. The summed E-state index contributed by atoms with van der Waals surface area (Å²) in [5, 5.41) is 25.2. The van der Waals surface area contributed by atoms with Crippen molar-refractivity contribution in [2.45, 2.75) is 0 Å². The summed E-state index contributed by atoms with van der Waals surface area (Å²) in [5.74, 6) is 0. The van der Waals surface area contributed by atoms with Gasteiger partial charge in [0.25, 0.3) is 0 Å². The summed E-state index contributed by atoms with van der Waals surface area (Å²) in [7, 11) is -2.92. The van der Waals surface area contributed by atoms with Gasteiger partial charge >= 0.3 is 56.6 Å². The van der Waals surface area contributed by atoms with Gasteiger partial charge in [-0.25, -0.2) is 0 Å². The second kappa shape index (κ2) is 23.4. The fourth-order valence-electron chi connectivity index (χ4n) is 0. The van der Waals surface area contributed by atoms with Gasteiger partial charge in [0.2, 0.25) is 0 Å². The zero-order valence-electron chi connectivity index (χ0n) is 5.21. The van der Waals surface area contributed by atoms with Crippen LogP contribution in [0.1, 0.15) is 0 Å². The predicted molar refractivity (Wildman–Crippen MR) is 8.26 cm³/mol. The maximum atomic E-state index is 8.42. The summed E-state index contributed by atoms with van der Waals surface area (Å²) in [6, 6.07) is 0. The summed E-state index contributed by atoms with van der Waals surface area (Å²) >= 11 is 0. The van der Waals surface area contributed by atoms with Crippen LogP contribution in [0.5, 0.6) is 0 Å². The minimum absolute atomic E-state index is 0. The van der Waals surface area contributed by atoms with Gasteiger partial charge in [-0.15, -0.1) is 0 Å². The van der Waals surface area contributed by atoms with E-state index in [0.717, 1.165) is 0 Å². The van der Waals surface area contributed by atoms with Crippen LogP contribution in [0.4, 0.5) is 4.70 Å². The van der Waals surface area contributed by atoms with Crippen LogP contribution in [-0.2, 0) is 0 Å². The van der Waals surface area contributed by atoms with Crippen molar-refractivity contribution >= 4 is 7.32 Å². The fraction of sp³-hybridized carbons (Fsp3) is 0. The Bertz CT molecular complexity index is 19.2. The zero-order chi connectivity index (χ0) is 3.58. The molecule has 0 aromatic carbocycles. The van der Waals surface area contributed by atoms with E-state index in [2.05, 4.69) is 0 Å². The molecule has 0 atom stereocenters. The maximum absolute atomic E-state index is 8.42. The third kappa shape index (κ3) is 123. The molecule has 0 aliphatic rings. The van der Waals surface area contributed by atoms with E-state index in [1.807, 2.05) is 0 Å². The van der Waals surface area contributed by atoms with Gasteiger partial charge in [0, 0.05) is 0 Å². The van der Waals surface area contributed by atoms with Crippen molar-refractivity contribution in [3.05, 3.63) is 0 Å². The van der Waals surface area contributed by atoms with E-state index in [0.29, 0.717) is 0 Å². The average Bonchev–Trinajstić information content (AvgIpc) is 0.811. The van der Waals surface area contributed by atoms with E-state index in [1.165, 1.54) is 0 Å². The Hall–Kier alpha value is 1.67. The van der Waals surface area contributed by atoms with Crippen molar-refractivity contribution in [2.24, 2.45) is 0 Å². The quantitative estimate of drug-likeness (QED) is 0.283. The van der Waals surface area contributed by atoms with Gasteiger partial charge in [0.15, 0.2) is 0 Å². The Morgan fingerprint density at radius 1 is 0.750 bits per heavy atom. The Kier molecular flexibility index (Phi) is 97.5. The molecule has 0 amide bonds. The van der Waals surface area contributed by atoms with Crippen LogP contribution in [0.15, 0.2) is 0 Å². The van der Waals surface area contributed by atoms with Crippen molar-refractivity contribution in [1.82, 2.24) is 0 Å². The molecule has 0 heterocycles. The van der Waals surface area contributed by atoms with E-state index in [9.17, 15) is 0 Å². The van der Waals surface area contributed by atoms with E-state index < -0.39 is 7.32 Å². The standard InChI is InChI=1S/BO3.FH.3Li/c2-1(3)4;;;;/h;1H;;;/q-3;;3*+1. The first-order valence-corrected chi connectivity index (χ1v) is 0.707. The van der Waals surface area contributed by atoms with Gasteiger partial charge in [-0.2, -0.15) is 0 Å². The molecule has 0 N–H and O–H groups in total. The largest absolute Gasteiger partial charge is 1.00 e. The Labute approximate surface area is 83.3 Å². The molecule has 0 saturated heterocycles. The maximum Gasteiger partial charge on any atom is 1.00 e. The van der Waals surface area contributed by atoms with Crippen molar-refractivity contribution in [3.8, 4) is 0 Å². The van der Waals surface area contributed by atoms with E-state index >= 15 is 0 Å². The topological polar surface area (TPSA) is 69.2 Å². The molecule has 3 nitrogen and oxygen atoms in total. The second-order valence-corrected chi connectivity index (χ2v) is 0.289. The molecular weight excluding hydrogens is 98.6 g/mol. The first kappa shape index (κ1) is 33.3. The summed E-state index contributed by atoms with van der Waals surface area (Å²) < 4.78 is 0. The molecule has 0 saturated carbocycles. The fourth-order valence-corrected chi connectivity index (χ4v) is 0. The van der Waals surface area contributed by atoms with Crippen LogP contribution < -0.4 is 71.7 Å². The van der Waals surface area contributed by atoms with E-state index in [-0.39, 0.29) is 61.3 Å². The molecule has 0 aliphatic heterocycles. The molecular formula is HBFLi3O3. The van der Waals surface area contributed by atoms with Crippen molar-refractivity contribution in [1.29, 1.82) is 0 Å². The third-order valence-corrected chi connectivity index (χ3v) is 0. The summed E-state index contributed by atoms with van der Waals surface area (Å²) in [5.41, 5.74) is 0. The molecule has 32 valence electrons. The van der Waals surface area contributed by atoms with Gasteiger partial charge in [-0.05, 0) is 0 Å². The van der Waals surface area contributed by atoms with Crippen LogP contribution in [0.25, 0.3) is 0 Å². The molecule has 0 aliphatic carbocycles. The van der Waals surface area contributed by atoms with Crippen molar-refractivity contribution in [2.75, 3.05) is 0 Å². The molecule has 0 bridgehead atoms. The third-order valence-electron chi connectivity index (χ3n) is 0. The molecule has 0 rings (SSSR count). The zero-order valence-corrected chi connectivity index (χ0v) is 5.21. The second-order valence-electron chi connectivity index (χ2n) is 0.289.